The standard InChI is InChI=1S/C29H34N4O5/c34-26-13-12-24(28(36)31-26)33-18-23-22(29(33)37)6-4-7-25(23)38-19-20-8-10-21(11-9-20)27(35)30-14-5-17-32-15-2-1-3-16-32/h4,6-11,24H,1-3,5,12-19H2,(H,30,35)(H,31,34,36)/t24-/m1/s1. The number of nitrogens with one attached hydrogen (secondary N) is 2. The van der Waals surface area contributed by atoms with Crippen LogP contribution in [0.4, 0.5) is 0 Å². The van der Waals surface area contributed by atoms with Gasteiger partial charge >= 0.3 is 0 Å². The summed E-state index contributed by atoms with van der Waals surface area (Å²) in [6.45, 7) is 4.55. The SMILES string of the molecule is O=C1CC[C@@H](N2Cc3c(OCc4ccc(C(=O)NCCCN5CCCCC5)cc4)cccc3C2=O)C(=O)N1. The fourth-order valence-electron chi connectivity index (χ4n) is 5.40. The molecule has 2 N–H and O–H groups in total. The van der Waals surface area contributed by atoms with E-state index in [1.807, 2.05) is 18.2 Å². The minimum atomic E-state index is -0.663. The van der Waals surface area contributed by atoms with Gasteiger partial charge in [-0.1, -0.05) is 24.6 Å². The number of benzene rings is 2. The van der Waals surface area contributed by atoms with Gasteiger partial charge in [-0.3, -0.25) is 24.5 Å². The Morgan fingerprint density at radius 2 is 1.82 bits per heavy atom. The Kier molecular flexibility index (Phi) is 8.03. The highest BCUT2D eigenvalue weighted by Gasteiger charge is 2.40. The number of fused-ring (bicyclic) bond motifs is 1. The number of hydrogen-bond acceptors (Lipinski definition) is 6. The van der Waals surface area contributed by atoms with Gasteiger partial charge in [-0.2, -0.15) is 0 Å². The Bertz CT molecular complexity index is 1210. The second-order valence-corrected chi connectivity index (χ2v) is 10.2. The highest BCUT2D eigenvalue weighted by atomic mass is 16.5. The van der Waals surface area contributed by atoms with Crippen molar-refractivity contribution in [1.29, 1.82) is 0 Å². The topological polar surface area (TPSA) is 108 Å². The van der Waals surface area contributed by atoms with Crippen molar-refractivity contribution in [2.45, 2.75) is 57.7 Å². The van der Waals surface area contributed by atoms with Crippen LogP contribution in [0.3, 0.4) is 0 Å². The summed E-state index contributed by atoms with van der Waals surface area (Å²) in [5.74, 6) is -0.469. The first-order valence-electron chi connectivity index (χ1n) is 13.5. The fourth-order valence-corrected chi connectivity index (χ4v) is 5.40. The van der Waals surface area contributed by atoms with Crippen LogP contribution in [0.5, 0.6) is 5.75 Å². The summed E-state index contributed by atoms with van der Waals surface area (Å²) in [6, 6.07) is 12.0. The van der Waals surface area contributed by atoms with E-state index in [1.54, 1.807) is 24.3 Å². The largest absolute Gasteiger partial charge is 0.489 e. The number of rotatable bonds is 9. The maximum atomic E-state index is 13.0. The molecular formula is C29H34N4O5. The van der Waals surface area contributed by atoms with Crippen LogP contribution in [0.1, 0.15) is 70.4 Å². The molecule has 1 atom stereocenters. The first kappa shape index (κ1) is 25.9. The predicted octanol–water partition coefficient (Wildman–Crippen LogP) is 2.63. The van der Waals surface area contributed by atoms with Crippen molar-refractivity contribution in [3.8, 4) is 5.75 Å². The van der Waals surface area contributed by atoms with Crippen LogP contribution >= 0.6 is 0 Å². The van der Waals surface area contributed by atoms with E-state index in [9.17, 15) is 19.2 Å². The van der Waals surface area contributed by atoms with Crippen LogP contribution in [0.2, 0.25) is 0 Å². The normalized spacial score (nSPS) is 19.7. The van der Waals surface area contributed by atoms with E-state index < -0.39 is 11.9 Å². The molecule has 2 fully saturated rings. The summed E-state index contributed by atoms with van der Waals surface area (Å²) in [4.78, 5) is 53.3. The molecule has 200 valence electrons. The van der Waals surface area contributed by atoms with Gasteiger partial charge in [0.1, 0.15) is 18.4 Å². The van der Waals surface area contributed by atoms with Gasteiger partial charge in [-0.05, 0) is 75.1 Å². The summed E-state index contributed by atoms with van der Waals surface area (Å²) < 4.78 is 6.06. The van der Waals surface area contributed by atoms with Crippen LogP contribution in [-0.4, -0.2) is 65.6 Å². The molecule has 4 amide bonds. The maximum absolute atomic E-state index is 13.0. The molecule has 2 aromatic rings. The third-order valence-corrected chi connectivity index (χ3v) is 7.53. The minimum absolute atomic E-state index is 0.0796. The van der Waals surface area contributed by atoms with Crippen molar-refractivity contribution >= 4 is 23.6 Å². The van der Waals surface area contributed by atoms with E-state index in [-0.39, 0.29) is 37.3 Å². The summed E-state index contributed by atoms with van der Waals surface area (Å²) >= 11 is 0. The molecule has 0 spiro atoms. The third-order valence-electron chi connectivity index (χ3n) is 7.53. The van der Waals surface area contributed by atoms with Crippen molar-refractivity contribution in [2.24, 2.45) is 0 Å². The fraction of sp³-hybridized carbons (Fsp3) is 0.448. The number of piperidine rings is 2. The second-order valence-electron chi connectivity index (χ2n) is 10.2. The first-order chi connectivity index (χ1) is 18.5. The van der Waals surface area contributed by atoms with Gasteiger partial charge in [0.25, 0.3) is 11.8 Å². The quantitative estimate of drug-likeness (QED) is 0.390. The van der Waals surface area contributed by atoms with Crippen LogP contribution in [0, 0.1) is 0 Å². The molecule has 3 aliphatic rings. The molecule has 0 aromatic heterocycles. The molecular weight excluding hydrogens is 484 g/mol. The summed E-state index contributed by atoms with van der Waals surface area (Å²) in [5.41, 5.74) is 2.76. The Morgan fingerprint density at radius 1 is 1.03 bits per heavy atom. The number of hydrogen-bond donors (Lipinski definition) is 2. The predicted molar refractivity (Wildman–Crippen MR) is 141 cm³/mol. The number of nitrogens with zero attached hydrogens (tertiary/aromatic N) is 2. The highest BCUT2D eigenvalue weighted by Crippen LogP contribution is 2.34. The second kappa shape index (κ2) is 11.8. The summed E-state index contributed by atoms with van der Waals surface area (Å²) in [6.07, 6.45) is 5.35. The summed E-state index contributed by atoms with van der Waals surface area (Å²) in [7, 11) is 0. The average molecular weight is 519 g/mol. The van der Waals surface area contributed by atoms with Crippen molar-refractivity contribution in [1.82, 2.24) is 20.4 Å². The van der Waals surface area contributed by atoms with Gasteiger partial charge in [0.05, 0.1) is 6.54 Å². The van der Waals surface area contributed by atoms with E-state index in [0.717, 1.165) is 37.2 Å². The molecule has 5 rings (SSSR count). The molecule has 0 unspecified atom stereocenters. The zero-order chi connectivity index (χ0) is 26.5. The lowest BCUT2D eigenvalue weighted by atomic mass is 10.0. The molecule has 3 aliphatic heterocycles. The van der Waals surface area contributed by atoms with Gasteiger partial charge in [0.15, 0.2) is 0 Å². The van der Waals surface area contributed by atoms with E-state index in [0.29, 0.717) is 29.8 Å². The van der Waals surface area contributed by atoms with E-state index >= 15 is 0 Å². The average Bonchev–Trinajstić information content (AvgIpc) is 3.27. The first-order valence-corrected chi connectivity index (χ1v) is 13.5. The number of ether oxygens (including phenoxy) is 1. The number of likely N-dealkylation sites (tertiary alicyclic amines) is 1. The molecule has 0 radical (unpaired) electrons. The molecule has 0 aliphatic carbocycles. The smallest absolute Gasteiger partial charge is 0.255 e. The summed E-state index contributed by atoms with van der Waals surface area (Å²) in [5, 5.41) is 5.33. The molecule has 2 aromatic carbocycles. The Morgan fingerprint density at radius 3 is 2.58 bits per heavy atom. The Labute approximate surface area is 222 Å². The Hall–Kier alpha value is -3.72. The number of amides is 4. The Balaban J connectivity index is 1.13. The molecule has 38 heavy (non-hydrogen) atoms. The van der Waals surface area contributed by atoms with Crippen molar-refractivity contribution < 1.29 is 23.9 Å². The van der Waals surface area contributed by atoms with Gasteiger partial charge in [0.2, 0.25) is 11.8 Å². The number of carbonyl (C=O) groups excluding carboxylic acids is 4. The van der Waals surface area contributed by atoms with Crippen LogP contribution in [0.25, 0.3) is 0 Å². The molecule has 2 saturated heterocycles. The van der Waals surface area contributed by atoms with Gasteiger partial charge in [-0.25, -0.2) is 0 Å². The lowest BCUT2D eigenvalue weighted by Gasteiger charge is -2.29. The maximum Gasteiger partial charge on any atom is 0.255 e. The lowest BCUT2D eigenvalue weighted by Crippen LogP contribution is -2.52. The number of carbonyl (C=O) groups is 4. The molecule has 0 saturated carbocycles. The van der Waals surface area contributed by atoms with Crippen LogP contribution < -0.4 is 15.4 Å². The van der Waals surface area contributed by atoms with Gasteiger partial charge in [0, 0.05) is 29.7 Å². The van der Waals surface area contributed by atoms with Crippen molar-refractivity contribution in [3.05, 3.63) is 64.7 Å². The molecule has 3 heterocycles. The van der Waals surface area contributed by atoms with Gasteiger partial charge < -0.3 is 19.9 Å². The monoisotopic (exact) mass is 518 g/mol. The zero-order valence-electron chi connectivity index (χ0n) is 21.5. The highest BCUT2D eigenvalue weighted by molar-refractivity contribution is 6.05. The third kappa shape index (κ3) is 5.88. The van der Waals surface area contributed by atoms with E-state index in [2.05, 4.69) is 15.5 Å². The van der Waals surface area contributed by atoms with Crippen molar-refractivity contribution in [2.75, 3.05) is 26.2 Å². The zero-order valence-corrected chi connectivity index (χ0v) is 21.5. The van der Waals surface area contributed by atoms with Crippen LogP contribution in [-0.2, 0) is 22.7 Å². The number of imide groups is 1. The lowest BCUT2D eigenvalue weighted by molar-refractivity contribution is -0.136. The molecule has 9 heteroatoms. The van der Waals surface area contributed by atoms with Crippen molar-refractivity contribution in [3.63, 3.8) is 0 Å². The minimum Gasteiger partial charge on any atom is -0.489 e. The molecule has 0 bridgehead atoms. The van der Waals surface area contributed by atoms with Gasteiger partial charge in [-0.15, -0.1) is 0 Å². The molecule has 9 nitrogen and oxygen atoms in total. The van der Waals surface area contributed by atoms with E-state index in [1.165, 1.54) is 24.2 Å². The van der Waals surface area contributed by atoms with E-state index in [4.69, 9.17) is 4.74 Å². The van der Waals surface area contributed by atoms with Crippen LogP contribution in [0.15, 0.2) is 42.5 Å².